The number of aromatic nitrogens is 4. The van der Waals surface area contributed by atoms with Crippen molar-refractivity contribution in [2.45, 2.75) is 27.4 Å². The third kappa shape index (κ3) is 4.57. The quantitative estimate of drug-likeness (QED) is 0.510. The minimum absolute atomic E-state index is 0.140. The van der Waals surface area contributed by atoms with E-state index in [1.807, 2.05) is 44.2 Å². The number of aryl methyl sites for hydroxylation is 2. The molecule has 1 heterocycles. The maximum absolute atomic E-state index is 12.2. The molecular formula is C20H22N6O3. The van der Waals surface area contributed by atoms with E-state index in [1.54, 1.807) is 19.2 Å². The van der Waals surface area contributed by atoms with Gasteiger partial charge >= 0.3 is 5.69 Å². The van der Waals surface area contributed by atoms with Gasteiger partial charge in [-0.05, 0) is 48.0 Å². The molecule has 0 saturated carbocycles. The van der Waals surface area contributed by atoms with Crippen LogP contribution in [0.4, 0.5) is 5.69 Å². The molecule has 3 aromatic rings. The van der Waals surface area contributed by atoms with Gasteiger partial charge in [-0.25, -0.2) is 4.79 Å². The Bertz CT molecular complexity index is 1130. The van der Waals surface area contributed by atoms with E-state index < -0.39 is 0 Å². The molecule has 0 unspecified atom stereocenters. The van der Waals surface area contributed by atoms with E-state index in [9.17, 15) is 9.59 Å². The van der Waals surface area contributed by atoms with Gasteiger partial charge in [0.15, 0.2) is 0 Å². The molecule has 0 aliphatic heterocycles. The molecule has 9 nitrogen and oxygen atoms in total. The molecule has 1 N–H and O–H groups in total. The van der Waals surface area contributed by atoms with Crippen LogP contribution in [-0.2, 0) is 23.3 Å². The number of nitrogens with zero attached hydrogens (tertiary/aromatic N) is 5. The monoisotopic (exact) mass is 394 g/mol. The summed E-state index contributed by atoms with van der Waals surface area (Å²) in [6.45, 7) is 5.36. The summed E-state index contributed by atoms with van der Waals surface area (Å²) in [4.78, 5) is 29.0. The van der Waals surface area contributed by atoms with Gasteiger partial charge < -0.3 is 10.2 Å². The number of hydrogen-bond donors (Lipinski definition) is 1. The van der Waals surface area contributed by atoms with Crippen LogP contribution < -0.4 is 11.0 Å². The van der Waals surface area contributed by atoms with Crippen molar-refractivity contribution >= 4 is 17.3 Å². The van der Waals surface area contributed by atoms with Crippen molar-refractivity contribution in [3.05, 3.63) is 69.6 Å². The van der Waals surface area contributed by atoms with Crippen molar-refractivity contribution in [3.63, 3.8) is 0 Å². The molecule has 0 aliphatic rings. The molecular weight excluding hydrogens is 372 g/mol. The van der Waals surface area contributed by atoms with Crippen LogP contribution in [0, 0.1) is 6.92 Å². The first-order chi connectivity index (χ1) is 13.9. The van der Waals surface area contributed by atoms with Crippen LogP contribution in [0.2, 0.25) is 0 Å². The highest BCUT2D eigenvalue weighted by Gasteiger charge is 2.13. The Labute approximate surface area is 167 Å². The van der Waals surface area contributed by atoms with Crippen LogP contribution in [0.5, 0.6) is 0 Å². The van der Waals surface area contributed by atoms with Crippen LogP contribution in [0.25, 0.3) is 5.69 Å². The number of hydrogen-bond acceptors (Lipinski definition) is 6. The summed E-state index contributed by atoms with van der Waals surface area (Å²) >= 11 is 0. The first-order valence-electron chi connectivity index (χ1n) is 8.99. The Morgan fingerprint density at radius 2 is 1.93 bits per heavy atom. The predicted octanol–water partition coefficient (Wildman–Crippen LogP) is 2.17. The van der Waals surface area contributed by atoms with Gasteiger partial charge in [-0.15, -0.1) is 0 Å². The van der Waals surface area contributed by atoms with Crippen molar-refractivity contribution in [2.75, 3.05) is 5.32 Å². The zero-order valence-corrected chi connectivity index (χ0v) is 16.7. The van der Waals surface area contributed by atoms with Gasteiger partial charge in [-0.1, -0.05) is 29.4 Å². The number of benzene rings is 2. The molecule has 2 aromatic carbocycles. The second-order valence-electron chi connectivity index (χ2n) is 6.58. The summed E-state index contributed by atoms with van der Waals surface area (Å²) in [6.07, 6.45) is 0. The van der Waals surface area contributed by atoms with Crippen LogP contribution >= 0.6 is 0 Å². The highest BCUT2D eigenvalue weighted by Crippen LogP contribution is 2.18. The summed E-state index contributed by atoms with van der Waals surface area (Å²) in [5.41, 5.74) is 4.16. The Balaban J connectivity index is 1.81. The SMILES string of the molecule is CC(=O)Nc1cccc(C(C)=NOCc2c(C)cccc2-n2nnn(C)c2=O)c1. The zero-order chi connectivity index (χ0) is 21.0. The largest absolute Gasteiger partial charge is 0.391 e. The second kappa shape index (κ2) is 8.51. The summed E-state index contributed by atoms with van der Waals surface area (Å²) in [5.74, 6) is -0.140. The number of oxime groups is 1. The summed E-state index contributed by atoms with van der Waals surface area (Å²) in [5, 5.41) is 14.6. The van der Waals surface area contributed by atoms with Crippen LogP contribution in [0.1, 0.15) is 30.5 Å². The summed E-state index contributed by atoms with van der Waals surface area (Å²) in [7, 11) is 1.54. The molecule has 0 spiro atoms. The van der Waals surface area contributed by atoms with Gasteiger partial charge in [0.05, 0.1) is 11.4 Å². The smallest absolute Gasteiger partial charge is 0.368 e. The van der Waals surface area contributed by atoms with E-state index >= 15 is 0 Å². The normalized spacial score (nSPS) is 11.4. The lowest BCUT2D eigenvalue weighted by Gasteiger charge is -2.11. The van der Waals surface area contributed by atoms with Crippen molar-refractivity contribution in [1.82, 2.24) is 19.8 Å². The number of amides is 1. The molecule has 0 atom stereocenters. The zero-order valence-electron chi connectivity index (χ0n) is 16.7. The molecule has 0 fully saturated rings. The summed E-state index contributed by atoms with van der Waals surface area (Å²) in [6, 6.07) is 12.9. The standard InChI is InChI=1S/C20H22N6O3/c1-13-7-5-10-19(26-20(28)25(4)23-24-26)18(13)12-29-22-14(2)16-8-6-9-17(11-16)21-15(3)27/h5-11H,12H2,1-4H3,(H,21,27). The average Bonchev–Trinajstić information content (AvgIpc) is 3.01. The lowest BCUT2D eigenvalue weighted by atomic mass is 10.1. The third-order valence-electron chi connectivity index (χ3n) is 4.35. The fourth-order valence-electron chi connectivity index (χ4n) is 2.81. The van der Waals surface area contributed by atoms with Crippen molar-refractivity contribution < 1.29 is 9.63 Å². The van der Waals surface area contributed by atoms with Crippen molar-refractivity contribution in [2.24, 2.45) is 12.2 Å². The van der Waals surface area contributed by atoms with Crippen molar-refractivity contribution in [3.8, 4) is 5.69 Å². The van der Waals surface area contributed by atoms with Gasteiger partial charge in [-0.3, -0.25) is 4.79 Å². The number of tetrazole rings is 1. The summed E-state index contributed by atoms with van der Waals surface area (Å²) < 4.78 is 2.40. The molecule has 0 bridgehead atoms. The molecule has 150 valence electrons. The molecule has 1 aromatic heterocycles. The van der Waals surface area contributed by atoms with E-state index in [2.05, 4.69) is 20.9 Å². The fraction of sp³-hybridized carbons (Fsp3) is 0.250. The molecule has 9 heteroatoms. The van der Waals surface area contributed by atoms with Gasteiger partial charge in [-0.2, -0.15) is 9.36 Å². The van der Waals surface area contributed by atoms with E-state index in [0.29, 0.717) is 17.1 Å². The first-order valence-corrected chi connectivity index (χ1v) is 8.99. The number of carbonyl (C=O) groups is 1. The Morgan fingerprint density at radius 3 is 2.62 bits per heavy atom. The van der Waals surface area contributed by atoms with Gasteiger partial charge in [0.1, 0.15) is 6.61 Å². The number of anilines is 1. The molecule has 0 saturated heterocycles. The Kier molecular flexibility index (Phi) is 5.87. The van der Waals surface area contributed by atoms with E-state index in [0.717, 1.165) is 21.4 Å². The first kappa shape index (κ1) is 20.0. The Hall–Kier alpha value is -3.75. The number of rotatable bonds is 6. The highest BCUT2D eigenvalue weighted by atomic mass is 16.6. The maximum atomic E-state index is 12.2. The number of carbonyl (C=O) groups excluding carboxylic acids is 1. The van der Waals surface area contributed by atoms with Gasteiger partial charge in [0.2, 0.25) is 5.91 Å². The predicted molar refractivity (Wildman–Crippen MR) is 109 cm³/mol. The topological polar surface area (TPSA) is 103 Å². The third-order valence-corrected chi connectivity index (χ3v) is 4.35. The Morgan fingerprint density at radius 1 is 1.17 bits per heavy atom. The van der Waals surface area contributed by atoms with E-state index in [1.165, 1.54) is 11.6 Å². The fourth-order valence-corrected chi connectivity index (χ4v) is 2.81. The maximum Gasteiger partial charge on any atom is 0.368 e. The van der Waals surface area contributed by atoms with Crippen molar-refractivity contribution in [1.29, 1.82) is 0 Å². The van der Waals surface area contributed by atoms with E-state index in [-0.39, 0.29) is 18.2 Å². The second-order valence-corrected chi connectivity index (χ2v) is 6.58. The molecule has 29 heavy (non-hydrogen) atoms. The van der Waals surface area contributed by atoms with Crippen LogP contribution in [0.3, 0.4) is 0 Å². The van der Waals surface area contributed by atoms with E-state index in [4.69, 9.17) is 4.84 Å². The lowest BCUT2D eigenvalue weighted by Crippen LogP contribution is -2.23. The van der Waals surface area contributed by atoms with Crippen LogP contribution in [0.15, 0.2) is 52.4 Å². The minimum atomic E-state index is -0.341. The highest BCUT2D eigenvalue weighted by molar-refractivity contribution is 6.00. The minimum Gasteiger partial charge on any atom is -0.391 e. The molecule has 3 rings (SSSR count). The average molecular weight is 394 g/mol. The molecule has 0 aliphatic carbocycles. The van der Waals surface area contributed by atoms with Gasteiger partial charge in [0.25, 0.3) is 0 Å². The molecule has 1 amide bonds. The molecule has 0 radical (unpaired) electrons. The lowest BCUT2D eigenvalue weighted by molar-refractivity contribution is -0.114. The van der Waals surface area contributed by atoms with Gasteiger partial charge in [0, 0.05) is 30.8 Å². The van der Waals surface area contributed by atoms with Crippen LogP contribution in [-0.4, -0.2) is 31.4 Å². The number of nitrogens with one attached hydrogen (secondary N) is 1.